The molecule has 2 aromatic carbocycles. The highest BCUT2D eigenvalue weighted by molar-refractivity contribution is 5.69. The molecule has 1 aliphatic heterocycles. The van der Waals surface area contributed by atoms with E-state index in [1.165, 1.54) is 19.1 Å². The zero-order valence-corrected chi connectivity index (χ0v) is 20.8. The van der Waals surface area contributed by atoms with Gasteiger partial charge in [-0.05, 0) is 51.5 Å². The summed E-state index contributed by atoms with van der Waals surface area (Å²) in [7, 11) is 1.58. The molecule has 1 fully saturated rings. The highest BCUT2D eigenvalue weighted by Gasteiger charge is 2.38. The van der Waals surface area contributed by atoms with Crippen molar-refractivity contribution in [2.24, 2.45) is 0 Å². The maximum absolute atomic E-state index is 14.6. The van der Waals surface area contributed by atoms with Crippen molar-refractivity contribution in [1.29, 1.82) is 0 Å². The van der Waals surface area contributed by atoms with Crippen molar-refractivity contribution in [3.63, 3.8) is 0 Å². The number of benzene rings is 2. The van der Waals surface area contributed by atoms with Crippen molar-refractivity contribution in [1.82, 2.24) is 19.7 Å². The third kappa shape index (κ3) is 5.14. The Hall–Kier alpha value is -4.02. The molecule has 0 spiro atoms. The number of carbonyl (C=O) groups is 1. The van der Waals surface area contributed by atoms with Gasteiger partial charge in [0.15, 0.2) is 5.82 Å². The molecule has 0 bridgehead atoms. The fourth-order valence-electron chi connectivity index (χ4n) is 4.00. The summed E-state index contributed by atoms with van der Waals surface area (Å²) < 4.78 is 27.1. The molecular formula is C25H28FN5O5. The Labute approximate surface area is 207 Å². The number of nitro benzene ring substituents is 1. The van der Waals surface area contributed by atoms with Gasteiger partial charge in [-0.25, -0.2) is 9.18 Å². The van der Waals surface area contributed by atoms with E-state index in [0.29, 0.717) is 37.0 Å². The zero-order chi connectivity index (χ0) is 26.2. The molecular weight excluding hydrogens is 469 g/mol. The Morgan fingerprint density at radius 1 is 1.19 bits per heavy atom. The minimum Gasteiger partial charge on any atom is -0.497 e. The van der Waals surface area contributed by atoms with Crippen LogP contribution in [0.5, 0.6) is 5.75 Å². The van der Waals surface area contributed by atoms with Gasteiger partial charge in [0.05, 0.1) is 30.1 Å². The molecule has 4 rings (SSSR count). The summed E-state index contributed by atoms with van der Waals surface area (Å²) in [5.74, 6) is 0.788. The Morgan fingerprint density at radius 3 is 2.44 bits per heavy atom. The fourth-order valence-corrected chi connectivity index (χ4v) is 4.00. The summed E-state index contributed by atoms with van der Waals surface area (Å²) >= 11 is 0. The van der Waals surface area contributed by atoms with Crippen LogP contribution in [0.25, 0.3) is 11.4 Å². The molecule has 0 saturated carbocycles. The maximum Gasteiger partial charge on any atom is 0.410 e. The van der Waals surface area contributed by atoms with Crippen LogP contribution in [-0.4, -0.2) is 56.5 Å². The first-order valence-corrected chi connectivity index (χ1v) is 11.5. The lowest BCUT2D eigenvalue weighted by molar-refractivity contribution is -0.385. The highest BCUT2D eigenvalue weighted by atomic mass is 19.1. The van der Waals surface area contributed by atoms with E-state index in [1.54, 1.807) is 32.8 Å². The number of amides is 1. The van der Waals surface area contributed by atoms with E-state index in [1.807, 2.05) is 28.8 Å². The quantitative estimate of drug-likeness (QED) is 0.359. The monoisotopic (exact) mass is 497 g/mol. The number of nitro groups is 1. The molecule has 2 heterocycles. The smallest absolute Gasteiger partial charge is 0.410 e. The number of aromatic nitrogens is 3. The van der Waals surface area contributed by atoms with Gasteiger partial charge in [-0.15, -0.1) is 10.2 Å². The molecule has 36 heavy (non-hydrogen) atoms. The van der Waals surface area contributed by atoms with Crippen LogP contribution >= 0.6 is 0 Å². The van der Waals surface area contributed by atoms with Gasteiger partial charge in [-0.2, -0.15) is 0 Å². The number of halogens is 1. The number of likely N-dealkylation sites (tertiary alicyclic amines) is 1. The molecule has 1 saturated heterocycles. The number of nitrogens with zero attached hydrogens (tertiary/aromatic N) is 5. The molecule has 190 valence electrons. The molecule has 0 atom stereocenters. The second-order valence-electron chi connectivity index (χ2n) is 9.76. The van der Waals surface area contributed by atoms with E-state index in [4.69, 9.17) is 9.47 Å². The third-order valence-electron chi connectivity index (χ3n) is 5.95. The summed E-state index contributed by atoms with van der Waals surface area (Å²) in [6.45, 7) is 7.90. The van der Waals surface area contributed by atoms with E-state index in [0.717, 1.165) is 5.56 Å². The Balaban J connectivity index is 1.69. The van der Waals surface area contributed by atoms with Gasteiger partial charge >= 0.3 is 6.09 Å². The topological polar surface area (TPSA) is 113 Å². The first-order valence-electron chi connectivity index (χ1n) is 11.5. The Morgan fingerprint density at radius 2 is 1.86 bits per heavy atom. The Kier molecular flexibility index (Phi) is 6.66. The van der Waals surface area contributed by atoms with E-state index in [9.17, 15) is 19.3 Å². The zero-order valence-electron chi connectivity index (χ0n) is 20.8. The molecule has 11 heteroatoms. The lowest BCUT2D eigenvalue weighted by atomic mass is 9.99. The minimum atomic E-state index is -0.695. The van der Waals surface area contributed by atoms with E-state index < -0.39 is 22.4 Å². The van der Waals surface area contributed by atoms with E-state index in [-0.39, 0.29) is 22.7 Å². The predicted octanol–water partition coefficient (Wildman–Crippen LogP) is 4.69. The number of methoxy groups -OCH3 is 1. The van der Waals surface area contributed by atoms with Crippen molar-refractivity contribution < 1.29 is 23.6 Å². The maximum atomic E-state index is 14.6. The van der Waals surface area contributed by atoms with Gasteiger partial charge in [0.25, 0.3) is 5.69 Å². The van der Waals surface area contributed by atoms with Gasteiger partial charge in [0.2, 0.25) is 0 Å². The molecule has 0 aliphatic carbocycles. The molecule has 0 N–H and O–H groups in total. The second-order valence-corrected chi connectivity index (χ2v) is 9.76. The number of carbonyl (C=O) groups excluding carboxylic acids is 1. The van der Waals surface area contributed by atoms with E-state index in [2.05, 4.69) is 10.2 Å². The summed E-state index contributed by atoms with van der Waals surface area (Å²) in [4.78, 5) is 24.9. The van der Waals surface area contributed by atoms with Crippen molar-refractivity contribution >= 4 is 11.8 Å². The Bertz CT molecular complexity index is 1290. The highest BCUT2D eigenvalue weighted by Crippen LogP contribution is 2.33. The van der Waals surface area contributed by atoms with Crippen LogP contribution in [-0.2, 0) is 11.3 Å². The van der Waals surface area contributed by atoms with Crippen LogP contribution in [0.3, 0.4) is 0 Å². The normalized spacial score (nSPS) is 13.9. The second kappa shape index (κ2) is 9.56. The van der Waals surface area contributed by atoms with Gasteiger partial charge in [0, 0.05) is 24.7 Å². The van der Waals surface area contributed by atoms with Gasteiger partial charge in [0.1, 0.15) is 23.0 Å². The average molecular weight is 498 g/mol. The lowest BCUT2D eigenvalue weighted by Gasteiger charge is -2.39. The molecule has 0 unspecified atom stereocenters. The third-order valence-corrected chi connectivity index (χ3v) is 5.95. The van der Waals surface area contributed by atoms with Crippen LogP contribution in [0.2, 0.25) is 0 Å². The standard InChI is InChI=1S/C25H28FN5O5/c1-15-20(26)10-17(11-21(15)31(33)34)22-27-28-23(18-13-29(14-18)24(32)36-25(2,3)4)30(22)12-16-6-8-19(35-5)9-7-16/h6-11,18H,12-14H2,1-5H3. The number of hydrogen-bond donors (Lipinski definition) is 0. The van der Waals surface area contributed by atoms with Crippen LogP contribution in [0.1, 0.15) is 43.6 Å². The van der Waals surface area contributed by atoms with Crippen LogP contribution < -0.4 is 4.74 Å². The summed E-state index contributed by atoms with van der Waals surface area (Å²) in [6.07, 6.45) is -0.406. The lowest BCUT2D eigenvalue weighted by Crippen LogP contribution is -2.51. The van der Waals surface area contributed by atoms with Crippen LogP contribution in [0, 0.1) is 22.9 Å². The van der Waals surface area contributed by atoms with Crippen molar-refractivity contribution in [3.8, 4) is 17.1 Å². The fraction of sp³-hybridized carbons (Fsp3) is 0.400. The molecule has 3 aromatic rings. The van der Waals surface area contributed by atoms with Crippen molar-refractivity contribution in [2.75, 3.05) is 20.2 Å². The molecule has 1 aromatic heterocycles. The molecule has 10 nitrogen and oxygen atoms in total. The summed E-state index contributed by atoms with van der Waals surface area (Å²) in [6, 6.07) is 9.96. The average Bonchev–Trinajstić information content (AvgIpc) is 3.16. The number of hydrogen-bond acceptors (Lipinski definition) is 7. The first kappa shape index (κ1) is 25.1. The summed E-state index contributed by atoms with van der Waals surface area (Å²) in [5, 5.41) is 20.1. The summed E-state index contributed by atoms with van der Waals surface area (Å²) in [5.41, 5.74) is 0.180. The number of rotatable bonds is 6. The minimum absolute atomic E-state index is 0.0443. The van der Waals surface area contributed by atoms with Gasteiger partial charge < -0.3 is 18.9 Å². The largest absolute Gasteiger partial charge is 0.497 e. The van der Waals surface area contributed by atoms with E-state index >= 15 is 0 Å². The van der Waals surface area contributed by atoms with Crippen LogP contribution in [0.4, 0.5) is 14.9 Å². The van der Waals surface area contributed by atoms with Gasteiger partial charge in [-0.3, -0.25) is 10.1 Å². The van der Waals surface area contributed by atoms with Crippen molar-refractivity contribution in [2.45, 2.75) is 45.8 Å². The predicted molar refractivity (Wildman–Crippen MR) is 129 cm³/mol. The SMILES string of the molecule is COc1ccc(Cn2c(-c3cc(F)c(C)c([N+](=O)[O-])c3)nnc2C2CN(C(=O)OC(C)(C)C)C2)cc1. The number of ether oxygens (including phenoxy) is 2. The van der Waals surface area contributed by atoms with Crippen LogP contribution in [0.15, 0.2) is 36.4 Å². The molecule has 0 radical (unpaired) electrons. The molecule has 1 amide bonds. The molecule has 1 aliphatic rings. The van der Waals surface area contributed by atoms with Gasteiger partial charge in [-0.1, -0.05) is 12.1 Å². The first-order chi connectivity index (χ1) is 17.0. The van der Waals surface area contributed by atoms with Crippen molar-refractivity contribution in [3.05, 3.63) is 69.3 Å².